The van der Waals surface area contributed by atoms with E-state index in [1.54, 1.807) is 0 Å². The molecular weight excluding hydrogens is 196 g/mol. The molecule has 0 unspecified atom stereocenters. The standard InChI is InChI=1S/C15H18O/c1-15(11-7-3-2-4-8-11)13-10-6-5-9-12(13)14(15)16/h2-4,7-8,12-13H,5-6,9-10H2,1H3/t12-,13+,15+/m0/s1. The first-order chi connectivity index (χ1) is 7.74. The van der Waals surface area contributed by atoms with Gasteiger partial charge in [0.15, 0.2) is 0 Å². The van der Waals surface area contributed by atoms with Gasteiger partial charge in [0, 0.05) is 5.92 Å². The fraction of sp³-hybridized carbons (Fsp3) is 0.533. The molecule has 1 heteroatoms. The third-order valence-corrected chi connectivity index (χ3v) is 4.73. The summed E-state index contributed by atoms with van der Waals surface area (Å²) in [6.07, 6.45) is 4.92. The van der Waals surface area contributed by atoms with Gasteiger partial charge >= 0.3 is 0 Å². The van der Waals surface area contributed by atoms with Crippen LogP contribution in [0.4, 0.5) is 0 Å². The van der Waals surface area contributed by atoms with Crippen LogP contribution >= 0.6 is 0 Å². The number of hydrogen-bond acceptors (Lipinski definition) is 1. The second-order valence-corrected chi connectivity index (χ2v) is 5.43. The van der Waals surface area contributed by atoms with Gasteiger partial charge in [0.25, 0.3) is 0 Å². The molecule has 0 aliphatic heterocycles. The van der Waals surface area contributed by atoms with Gasteiger partial charge in [0.2, 0.25) is 0 Å². The fourth-order valence-electron chi connectivity index (χ4n) is 3.75. The van der Waals surface area contributed by atoms with Crippen molar-refractivity contribution in [1.29, 1.82) is 0 Å². The zero-order valence-electron chi connectivity index (χ0n) is 9.78. The maximum Gasteiger partial charge on any atom is 0.146 e. The summed E-state index contributed by atoms with van der Waals surface area (Å²) in [6, 6.07) is 10.3. The Hall–Kier alpha value is -1.11. The van der Waals surface area contributed by atoms with Crippen LogP contribution in [0, 0.1) is 11.8 Å². The smallest absolute Gasteiger partial charge is 0.146 e. The van der Waals surface area contributed by atoms with E-state index in [-0.39, 0.29) is 5.41 Å². The monoisotopic (exact) mass is 214 g/mol. The van der Waals surface area contributed by atoms with Crippen molar-refractivity contribution in [1.82, 2.24) is 0 Å². The number of carbonyl (C=O) groups is 1. The van der Waals surface area contributed by atoms with Crippen molar-refractivity contribution in [2.24, 2.45) is 11.8 Å². The topological polar surface area (TPSA) is 17.1 Å². The average Bonchev–Trinajstić information content (AvgIpc) is 2.38. The lowest BCUT2D eigenvalue weighted by Gasteiger charge is -2.54. The lowest BCUT2D eigenvalue weighted by molar-refractivity contribution is -0.149. The molecule has 1 aromatic carbocycles. The molecule has 0 spiro atoms. The SMILES string of the molecule is C[C@]1(c2ccccc2)C(=O)[C@H]2CCCC[C@H]21. The first-order valence-corrected chi connectivity index (χ1v) is 6.34. The van der Waals surface area contributed by atoms with Gasteiger partial charge in [-0.05, 0) is 31.2 Å². The highest BCUT2D eigenvalue weighted by Gasteiger charge is 2.59. The summed E-state index contributed by atoms with van der Waals surface area (Å²) in [7, 11) is 0. The van der Waals surface area contributed by atoms with Crippen molar-refractivity contribution >= 4 is 5.78 Å². The Morgan fingerprint density at radius 2 is 1.81 bits per heavy atom. The number of carbonyl (C=O) groups excluding carboxylic acids is 1. The molecular formula is C15H18O. The Morgan fingerprint density at radius 3 is 2.56 bits per heavy atom. The van der Waals surface area contributed by atoms with Gasteiger partial charge in [0.1, 0.15) is 5.78 Å². The number of rotatable bonds is 1. The first kappa shape index (κ1) is 10.1. The highest BCUT2D eigenvalue weighted by atomic mass is 16.1. The third-order valence-electron chi connectivity index (χ3n) is 4.73. The number of hydrogen-bond donors (Lipinski definition) is 0. The molecule has 1 nitrogen and oxygen atoms in total. The summed E-state index contributed by atoms with van der Waals surface area (Å²) in [5.41, 5.74) is 1.05. The van der Waals surface area contributed by atoms with Crippen LogP contribution in [0.5, 0.6) is 0 Å². The maximum atomic E-state index is 12.3. The quantitative estimate of drug-likeness (QED) is 0.700. The number of Topliss-reactive ketones (excluding diaryl/α,β-unsaturated/α-hetero) is 1. The van der Waals surface area contributed by atoms with E-state index < -0.39 is 0 Å². The van der Waals surface area contributed by atoms with E-state index in [2.05, 4.69) is 19.1 Å². The van der Waals surface area contributed by atoms with Gasteiger partial charge in [-0.25, -0.2) is 0 Å². The van der Waals surface area contributed by atoms with E-state index in [1.807, 2.05) is 18.2 Å². The minimum Gasteiger partial charge on any atom is -0.298 e. The molecule has 0 N–H and O–H groups in total. The largest absolute Gasteiger partial charge is 0.298 e. The molecule has 84 valence electrons. The fourth-order valence-corrected chi connectivity index (χ4v) is 3.75. The van der Waals surface area contributed by atoms with Crippen LogP contribution in [0.2, 0.25) is 0 Å². The molecule has 0 radical (unpaired) electrons. The van der Waals surface area contributed by atoms with Crippen LogP contribution in [0.3, 0.4) is 0 Å². The molecule has 2 aliphatic rings. The average molecular weight is 214 g/mol. The molecule has 2 saturated carbocycles. The van der Waals surface area contributed by atoms with Crippen molar-refractivity contribution in [3.8, 4) is 0 Å². The predicted octanol–water partition coefficient (Wildman–Crippen LogP) is 3.33. The summed E-state index contributed by atoms with van der Waals surface area (Å²) in [4.78, 5) is 12.3. The summed E-state index contributed by atoms with van der Waals surface area (Å²) in [6.45, 7) is 2.15. The minimum absolute atomic E-state index is 0.174. The van der Waals surface area contributed by atoms with E-state index in [1.165, 1.54) is 24.8 Å². The van der Waals surface area contributed by atoms with Crippen LogP contribution in [-0.4, -0.2) is 5.78 Å². The zero-order valence-corrected chi connectivity index (χ0v) is 9.78. The van der Waals surface area contributed by atoms with Gasteiger partial charge in [-0.15, -0.1) is 0 Å². The number of fused-ring (bicyclic) bond motifs is 1. The van der Waals surface area contributed by atoms with Crippen molar-refractivity contribution < 1.29 is 4.79 Å². The van der Waals surface area contributed by atoms with Crippen LogP contribution < -0.4 is 0 Å². The molecule has 0 amide bonds. The zero-order chi connectivity index (χ0) is 11.2. The summed E-state index contributed by atoms with van der Waals surface area (Å²) < 4.78 is 0. The van der Waals surface area contributed by atoms with Crippen molar-refractivity contribution in [3.05, 3.63) is 35.9 Å². The second-order valence-electron chi connectivity index (χ2n) is 5.43. The Morgan fingerprint density at radius 1 is 1.12 bits per heavy atom. The minimum atomic E-state index is -0.174. The van der Waals surface area contributed by atoms with Gasteiger partial charge in [-0.1, -0.05) is 43.2 Å². The molecule has 2 aliphatic carbocycles. The Balaban J connectivity index is 1.97. The Bertz CT molecular complexity index is 409. The van der Waals surface area contributed by atoms with E-state index >= 15 is 0 Å². The predicted molar refractivity (Wildman–Crippen MR) is 64.2 cm³/mol. The maximum absolute atomic E-state index is 12.3. The molecule has 0 heterocycles. The number of benzene rings is 1. The first-order valence-electron chi connectivity index (χ1n) is 6.34. The lowest BCUT2D eigenvalue weighted by atomic mass is 9.47. The highest BCUT2D eigenvalue weighted by molar-refractivity contribution is 5.98. The van der Waals surface area contributed by atoms with Gasteiger partial charge in [0.05, 0.1) is 5.41 Å². The van der Waals surface area contributed by atoms with Crippen LogP contribution in [-0.2, 0) is 10.2 Å². The van der Waals surface area contributed by atoms with Gasteiger partial charge < -0.3 is 0 Å². The van der Waals surface area contributed by atoms with Crippen molar-refractivity contribution in [3.63, 3.8) is 0 Å². The molecule has 3 atom stereocenters. The normalized spacial score (nSPS) is 37.7. The number of ketones is 1. The molecule has 0 saturated heterocycles. The Labute approximate surface area is 96.9 Å². The van der Waals surface area contributed by atoms with Crippen LogP contribution in [0.1, 0.15) is 38.2 Å². The van der Waals surface area contributed by atoms with E-state index in [0.717, 1.165) is 6.42 Å². The van der Waals surface area contributed by atoms with Gasteiger partial charge in [-0.2, -0.15) is 0 Å². The van der Waals surface area contributed by atoms with Crippen LogP contribution in [0.15, 0.2) is 30.3 Å². The molecule has 16 heavy (non-hydrogen) atoms. The van der Waals surface area contributed by atoms with E-state index in [4.69, 9.17) is 0 Å². The van der Waals surface area contributed by atoms with E-state index in [9.17, 15) is 4.79 Å². The second kappa shape index (κ2) is 3.44. The molecule has 1 aromatic rings. The molecule has 2 fully saturated rings. The summed E-state index contributed by atoms with van der Waals surface area (Å²) in [5, 5.41) is 0. The molecule has 3 rings (SSSR count). The van der Waals surface area contributed by atoms with Crippen LogP contribution in [0.25, 0.3) is 0 Å². The highest BCUT2D eigenvalue weighted by Crippen LogP contribution is 2.55. The Kier molecular flexibility index (Phi) is 2.17. The van der Waals surface area contributed by atoms with Gasteiger partial charge in [-0.3, -0.25) is 4.79 Å². The van der Waals surface area contributed by atoms with E-state index in [0.29, 0.717) is 17.6 Å². The molecule has 0 bridgehead atoms. The lowest BCUT2D eigenvalue weighted by Crippen LogP contribution is -2.60. The van der Waals surface area contributed by atoms with Crippen molar-refractivity contribution in [2.75, 3.05) is 0 Å². The summed E-state index contributed by atoms with van der Waals surface area (Å²) >= 11 is 0. The molecule has 0 aromatic heterocycles. The third kappa shape index (κ3) is 1.15. The van der Waals surface area contributed by atoms with Crippen molar-refractivity contribution in [2.45, 2.75) is 38.0 Å². The summed E-state index contributed by atoms with van der Waals surface area (Å²) in [5.74, 6) is 1.47.